The van der Waals surface area contributed by atoms with E-state index in [9.17, 15) is 8.78 Å². The molecule has 1 aromatic rings. The van der Waals surface area contributed by atoms with Gasteiger partial charge in [0.1, 0.15) is 5.75 Å². The quantitative estimate of drug-likeness (QED) is 0.733. The Morgan fingerprint density at radius 1 is 1.44 bits per heavy atom. The normalized spacial score (nSPS) is 10.7. The van der Waals surface area contributed by atoms with Gasteiger partial charge in [-0.15, -0.1) is 0 Å². The highest BCUT2D eigenvalue weighted by Gasteiger charge is 2.16. The lowest BCUT2D eigenvalue weighted by atomic mass is 10.2. The number of ether oxygens (including phenoxy) is 1. The van der Waals surface area contributed by atoms with Gasteiger partial charge in [-0.2, -0.15) is 0 Å². The van der Waals surface area contributed by atoms with Crippen LogP contribution in [-0.4, -0.2) is 37.8 Å². The number of aliphatic hydroxyl groups is 1. The predicted molar refractivity (Wildman–Crippen MR) is 67.3 cm³/mol. The SMILES string of the molecule is CCOc1cccc(N(CCO)CC(F)F)c1N. The molecule has 0 saturated heterocycles. The summed E-state index contributed by atoms with van der Waals surface area (Å²) in [5.41, 5.74) is 6.65. The van der Waals surface area contributed by atoms with E-state index in [4.69, 9.17) is 15.6 Å². The summed E-state index contributed by atoms with van der Waals surface area (Å²) in [5.74, 6) is 0.465. The minimum absolute atomic E-state index is 0.101. The Labute approximate surface area is 105 Å². The van der Waals surface area contributed by atoms with Crippen LogP contribution < -0.4 is 15.4 Å². The molecule has 0 saturated carbocycles. The number of hydrogen-bond acceptors (Lipinski definition) is 4. The van der Waals surface area contributed by atoms with Crippen molar-refractivity contribution in [3.05, 3.63) is 18.2 Å². The van der Waals surface area contributed by atoms with Crippen molar-refractivity contribution >= 4 is 11.4 Å². The van der Waals surface area contributed by atoms with Gasteiger partial charge in [-0.3, -0.25) is 0 Å². The van der Waals surface area contributed by atoms with Gasteiger partial charge in [-0.25, -0.2) is 8.78 Å². The molecule has 0 aliphatic rings. The van der Waals surface area contributed by atoms with Crippen LogP contribution in [0.4, 0.5) is 20.2 Å². The molecule has 0 aliphatic heterocycles. The molecule has 6 heteroatoms. The molecule has 0 amide bonds. The van der Waals surface area contributed by atoms with Crippen molar-refractivity contribution in [1.82, 2.24) is 0 Å². The summed E-state index contributed by atoms with van der Waals surface area (Å²) in [6.45, 7) is 1.68. The van der Waals surface area contributed by atoms with Gasteiger partial charge in [-0.1, -0.05) is 6.07 Å². The molecule has 3 N–H and O–H groups in total. The van der Waals surface area contributed by atoms with E-state index in [1.165, 1.54) is 4.90 Å². The zero-order valence-electron chi connectivity index (χ0n) is 10.3. The number of nitrogens with two attached hydrogens (primary N) is 1. The zero-order valence-corrected chi connectivity index (χ0v) is 10.3. The first-order valence-corrected chi connectivity index (χ1v) is 5.75. The molecule has 102 valence electrons. The Morgan fingerprint density at radius 3 is 2.72 bits per heavy atom. The third-order valence-corrected chi connectivity index (χ3v) is 2.41. The molecule has 0 spiro atoms. The Morgan fingerprint density at radius 2 is 2.17 bits per heavy atom. The topological polar surface area (TPSA) is 58.7 Å². The van der Waals surface area contributed by atoms with Crippen LogP contribution >= 0.6 is 0 Å². The maximum Gasteiger partial charge on any atom is 0.255 e. The van der Waals surface area contributed by atoms with Crippen LogP contribution in [0.3, 0.4) is 0 Å². The Kier molecular flexibility index (Phi) is 5.64. The third kappa shape index (κ3) is 3.73. The van der Waals surface area contributed by atoms with E-state index in [1.807, 2.05) is 6.92 Å². The molecular weight excluding hydrogens is 242 g/mol. The Bertz CT molecular complexity index is 375. The van der Waals surface area contributed by atoms with Crippen LogP contribution in [0.25, 0.3) is 0 Å². The second-order valence-electron chi connectivity index (χ2n) is 3.68. The second-order valence-corrected chi connectivity index (χ2v) is 3.68. The molecule has 0 aromatic heterocycles. The summed E-state index contributed by atoms with van der Waals surface area (Å²) in [6.07, 6.45) is -2.49. The molecule has 1 aromatic carbocycles. The van der Waals surface area contributed by atoms with Crippen LogP contribution in [-0.2, 0) is 0 Å². The summed E-state index contributed by atoms with van der Waals surface area (Å²) in [6, 6.07) is 5.00. The van der Waals surface area contributed by atoms with E-state index >= 15 is 0 Å². The highest BCUT2D eigenvalue weighted by atomic mass is 19.3. The number of nitrogen functional groups attached to an aromatic ring is 1. The molecule has 0 fully saturated rings. The number of benzene rings is 1. The van der Waals surface area contributed by atoms with Gasteiger partial charge in [0, 0.05) is 6.54 Å². The number of para-hydroxylation sites is 1. The third-order valence-electron chi connectivity index (χ3n) is 2.41. The van der Waals surface area contributed by atoms with E-state index in [2.05, 4.69) is 0 Å². The van der Waals surface area contributed by atoms with Crippen LogP contribution in [0.1, 0.15) is 6.92 Å². The summed E-state index contributed by atoms with van der Waals surface area (Å²) in [7, 11) is 0. The molecule has 0 unspecified atom stereocenters. The number of aliphatic hydroxyl groups excluding tert-OH is 1. The average Bonchev–Trinajstić information content (AvgIpc) is 2.31. The van der Waals surface area contributed by atoms with Crippen molar-refractivity contribution in [2.45, 2.75) is 13.3 Å². The van der Waals surface area contributed by atoms with Crippen molar-refractivity contribution in [3.8, 4) is 5.75 Å². The monoisotopic (exact) mass is 260 g/mol. The van der Waals surface area contributed by atoms with Gasteiger partial charge in [0.25, 0.3) is 6.43 Å². The molecule has 0 aliphatic carbocycles. The summed E-state index contributed by atoms with van der Waals surface area (Å²) >= 11 is 0. The first-order chi connectivity index (χ1) is 8.60. The highest BCUT2D eigenvalue weighted by Crippen LogP contribution is 2.32. The van der Waals surface area contributed by atoms with E-state index in [0.29, 0.717) is 23.7 Å². The number of nitrogens with zero attached hydrogens (tertiary/aromatic N) is 1. The van der Waals surface area contributed by atoms with Crippen molar-refractivity contribution in [1.29, 1.82) is 0 Å². The van der Waals surface area contributed by atoms with Gasteiger partial charge >= 0.3 is 0 Å². The molecule has 0 heterocycles. The lowest BCUT2D eigenvalue weighted by molar-refractivity contribution is 0.153. The van der Waals surface area contributed by atoms with Gasteiger partial charge in [-0.05, 0) is 19.1 Å². The molecule has 18 heavy (non-hydrogen) atoms. The maximum atomic E-state index is 12.5. The molecule has 1 rings (SSSR count). The standard InChI is InChI=1S/C12H18F2N2O2/c1-2-18-10-5-3-4-9(12(10)15)16(6-7-17)8-11(13)14/h3-5,11,17H,2,6-8,15H2,1H3. The number of halogens is 2. The van der Waals surface area contributed by atoms with E-state index < -0.39 is 13.0 Å². The minimum atomic E-state index is -2.49. The predicted octanol–water partition coefficient (Wildman–Crippen LogP) is 1.73. The molecule has 0 atom stereocenters. The molecule has 0 radical (unpaired) electrons. The molecular formula is C12H18F2N2O2. The van der Waals surface area contributed by atoms with Crippen molar-refractivity contribution < 1.29 is 18.6 Å². The van der Waals surface area contributed by atoms with Gasteiger partial charge in [0.15, 0.2) is 0 Å². The van der Waals surface area contributed by atoms with E-state index in [0.717, 1.165) is 0 Å². The lowest BCUT2D eigenvalue weighted by Gasteiger charge is -2.25. The molecule has 0 bridgehead atoms. The fourth-order valence-electron chi connectivity index (χ4n) is 1.69. The largest absolute Gasteiger partial charge is 0.492 e. The van der Waals surface area contributed by atoms with E-state index in [1.54, 1.807) is 18.2 Å². The fraction of sp³-hybridized carbons (Fsp3) is 0.500. The fourth-order valence-corrected chi connectivity index (χ4v) is 1.69. The van der Waals surface area contributed by atoms with Crippen molar-refractivity contribution in [3.63, 3.8) is 0 Å². The summed E-state index contributed by atoms with van der Waals surface area (Å²) in [5, 5.41) is 8.92. The summed E-state index contributed by atoms with van der Waals surface area (Å²) < 4.78 is 30.3. The van der Waals surface area contributed by atoms with E-state index in [-0.39, 0.29) is 13.2 Å². The first-order valence-electron chi connectivity index (χ1n) is 5.75. The smallest absolute Gasteiger partial charge is 0.255 e. The van der Waals surface area contributed by atoms with Gasteiger partial charge in [0.2, 0.25) is 0 Å². The first kappa shape index (κ1) is 14.5. The van der Waals surface area contributed by atoms with Crippen molar-refractivity contribution in [2.75, 3.05) is 36.9 Å². The minimum Gasteiger partial charge on any atom is -0.492 e. The van der Waals surface area contributed by atoms with Gasteiger partial charge in [0.05, 0.1) is 31.1 Å². The number of hydrogen-bond donors (Lipinski definition) is 2. The summed E-state index contributed by atoms with van der Waals surface area (Å²) in [4.78, 5) is 1.35. The number of anilines is 2. The van der Waals surface area contributed by atoms with Crippen LogP contribution in [0, 0.1) is 0 Å². The van der Waals surface area contributed by atoms with Gasteiger partial charge < -0.3 is 20.5 Å². The Hall–Kier alpha value is -1.56. The highest BCUT2D eigenvalue weighted by molar-refractivity contribution is 5.74. The Balaban J connectivity index is 2.99. The maximum absolute atomic E-state index is 12.5. The molecule has 4 nitrogen and oxygen atoms in total. The van der Waals surface area contributed by atoms with Crippen LogP contribution in [0.2, 0.25) is 0 Å². The number of alkyl halides is 2. The lowest BCUT2D eigenvalue weighted by Crippen LogP contribution is -2.32. The average molecular weight is 260 g/mol. The van der Waals surface area contributed by atoms with Crippen LogP contribution in [0.15, 0.2) is 18.2 Å². The van der Waals surface area contributed by atoms with Crippen LogP contribution in [0.5, 0.6) is 5.75 Å². The zero-order chi connectivity index (χ0) is 13.5. The number of rotatable bonds is 7. The second kappa shape index (κ2) is 7.00. The van der Waals surface area contributed by atoms with Crippen molar-refractivity contribution in [2.24, 2.45) is 0 Å².